The number of benzene rings is 1. The van der Waals surface area contributed by atoms with Gasteiger partial charge in [0.05, 0.1) is 0 Å². The lowest BCUT2D eigenvalue weighted by Crippen LogP contribution is -2.46. The number of carbonyl (C=O) groups excluding carboxylic acids is 2. The molecule has 4 aromatic rings. The molecule has 9 nitrogen and oxygen atoms in total. The first kappa shape index (κ1) is 24.8. The summed E-state index contributed by atoms with van der Waals surface area (Å²) in [6.07, 6.45) is 3.92. The molecule has 1 aliphatic rings. The minimum Gasteiger partial charge on any atom is -0.458 e. The van der Waals surface area contributed by atoms with E-state index in [1.807, 2.05) is 17.5 Å². The van der Waals surface area contributed by atoms with Crippen LogP contribution in [-0.4, -0.2) is 43.0 Å². The van der Waals surface area contributed by atoms with Gasteiger partial charge in [-0.2, -0.15) is 4.80 Å². The topological polar surface area (TPSA) is 106 Å². The average molecular weight is 523 g/mol. The Morgan fingerprint density at radius 1 is 1.19 bits per heavy atom. The van der Waals surface area contributed by atoms with Crippen molar-refractivity contribution in [2.75, 3.05) is 0 Å². The highest BCUT2D eigenvalue weighted by Crippen LogP contribution is 2.29. The molecule has 2 amide bonds. The molecule has 0 unspecified atom stereocenters. The van der Waals surface area contributed by atoms with E-state index in [4.69, 9.17) is 4.42 Å². The Kier molecular flexibility index (Phi) is 7.40. The number of nitrogens with one attached hydrogen (secondary N) is 1. The molecule has 0 bridgehead atoms. The lowest BCUT2D eigenvalue weighted by atomic mass is 10.1. The molecule has 3 heterocycles. The highest BCUT2D eigenvalue weighted by Gasteiger charge is 2.34. The van der Waals surface area contributed by atoms with Gasteiger partial charge < -0.3 is 14.6 Å². The second-order valence-electron chi connectivity index (χ2n) is 9.07. The third-order valence-corrected chi connectivity index (χ3v) is 7.31. The molecule has 0 spiro atoms. The summed E-state index contributed by atoms with van der Waals surface area (Å²) in [6.45, 7) is 1.43. The van der Waals surface area contributed by atoms with Crippen molar-refractivity contribution in [1.29, 1.82) is 0 Å². The second kappa shape index (κ2) is 11.0. The molecule has 1 saturated carbocycles. The number of thiophene rings is 1. The van der Waals surface area contributed by atoms with E-state index in [-0.39, 0.29) is 30.9 Å². The Bertz CT molecular complexity index is 1360. The van der Waals surface area contributed by atoms with Crippen molar-refractivity contribution < 1.29 is 18.4 Å². The van der Waals surface area contributed by atoms with Gasteiger partial charge in [0.15, 0.2) is 5.76 Å². The van der Waals surface area contributed by atoms with Gasteiger partial charge in [0.1, 0.15) is 24.2 Å². The van der Waals surface area contributed by atoms with E-state index in [1.165, 1.54) is 22.3 Å². The van der Waals surface area contributed by atoms with E-state index >= 15 is 0 Å². The van der Waals surface area contributed by atoms with E-state index in [9.17, 15) is 14.0 Å². The van der Waals surface area contributed by atoms with Crippen LogP contribution in [0.2, 0.25) is 0 Å². The van der Waals surface area contributed by atoms with Gasteiger partial charge in [-0.1, -0.05) is 37.1 Å². The molecule has 1 aliphatic carbocycles. The molecule has 192 valence electrons. The SMILES string of the molecule is Cc1ccc(-c2nnn(CC(=O)N(Cc3ccccc3F)[C@@H](C(=O)NC3CCCC3)c3cccs3)n2)o1. The van der Waals surface area contributed by atoms with Crippen LogP contribution in [0.1, 0.15) is 47.9 Å². The van der Waals surface area contributed by atoms with Crippen LogP contribution >= 0.6 is 11.3 Å². The van der Waals surface area contributed by atoms with Crippen molar-refractivity contribution in [2.24, 2.45) is 0 Å². The molecule has 1 atom stereocenters. The minimum absolute atomic E-state index is 0.0664. The van der Waals surface area contributed by atoms with Gasteiger partial charge in [0.2, 0.25) is 17.6 Å². The Morgan fingerprint density at radius 2 is 2.00 bits per heavy atom. The molecule has 0 saturated heterocycles. The summed E-state index contributed by atoms with van der Waals surface area (Å²) < 4.78 is 20.2. The molecule has 1 N–H and O–H groups in total. The maximum absolute atomic E-state index is 14.7. The third kappa shape index (κ3) is 5.77. The summed E-state index contributed by atoms with van der Waals surface area (Å²) in [5, 5.41) is 17.2. The zero-order valence-corrected chi connectivity index (χ0v) is 21.2. The van der Waals surface area contributed by atoms with Crippen LogP contribution in [0, 0.1) is 12.7 Å². The van der Waals surface area contributed by atoms with Crippen LogP contribution in [0.15, 0.2) is 58.3 Å². The van der Waals surface area contributed by atoms with E-state index in [2.05, 4.69) is 20.7 Å². The highest BCUT2D eigenvalue weighted by molar-refractivity contribution is 7.10. The molecule has 37 heavy (non-hydrogen) atoms. The number of rotatable bonds is 9. The number of hydrogen-bond acceptors (Lipinski definition) is 7. The molecule has 0 aliphatic heterocycles. The fourth-order valence-corrected chi connectivity index (χ4v) is 5.37. The normalized spacial score (nSPS) is 14.5. The standard InChI is InChI=1S/C26H27FN6O3S/c1-17-12-13-21(36-17)25-29-31-33(30-25)16-23(34)32(15-18-7-2-5-10-20(18)27)24(22-11-6-14-37-22)26(35)28-19-8-3-4-9-19/h2,5-7,10-14,19,24H,3-4,8-9,15-16H2,1H3,(H,28,35)/t24-/m1/s1. The van der Waals surface area contributed by atoms with Crippen LogP contribution in [0.25, 0.3) is 11.6 Å². The van der Waals surface area contributed by atoms with Gasteiger partial charge in [0, 0.05) is 23.0 Å². The molecular formula is C26H27FN6O3S. The van der Waals surface area contributed by atoms with Crippen molar-refractivity contribution in [3.8, 4) is 11.6 Å². The number of amides is 2. The smallest absolute Gasteiger partial charge is 0.248 e. The number of nitrogens with zero attached hydrogens (tertiary/aromatic N) is 5. The van der Waals surface area contributed by atoms with Crippen molar-refractivity contribution >= 4 is 23.2 Å². The van der Waals surface area contributed by atoms with E-state index in [1.54, 1.807) is 37.3 Å². The fraction of sp³-hybridized carbons (Fsp3) is 0.346. The number of furan rings is 1. The van der Waals surface area contributed by atoms with Gasteiger partial charge in [-0.25, -0.2) is 4.39 Å². The van der Waals surface area contributed by atoms with E-state index in [0.717, 1.165) is 30.5 Å². The zero-order valence-electron chi connectivity index (χ0n) is 20.3. The van der Waals surface area contributed by atoms with Crippen molar-refractivity contribution in [1.82, 2.24) is 30.4 Å². The molecule has 0 radical (unpaired) electrons. The van der Waals surface area contributed by atoms with Crippen LogP contribution in [0.3, 0.4) is 0 Å². The number of hydrogen-bond donors (Lipinski definition) is 1. The van der Waals surface area contributed by atoms with Crippen molar-refractivity contribution in [2.45, 2.75) is 57.8 Å². The Hall–Kier alpha value is -3.86. The molecule has 3 aromatic heterocycles. The van der Waals surface area contributed by atoms with Crippen molar-refractivity contribution in [3.63, 3.8) is 0 Å². The summed E-state index contributed by atoms with van der Waals surface area (Å²) >= 11 is 1.38. The average Bonchev–Trinajstić information content (AvgIpc) is 3.69. The predicted octanol–water partition coefficient (Wildman–Crippen LogP) is 4.27. The van der Waals surface area contributed by atoms with Gasteiger partial charge in [-0.15, -0.1) is 21.5 Å². The summed E-state index contributed by atoms with van der Waals surface area (Å²) in [5.74, 6) is 0.212. The monoisotopic (exact) mass is 522 g/mol. The van der Waals surface area contributed by atoms with Gasteiger partial charge in [0.25, 0.3) is 0 Å². The number of aromatic nitrogens is 4. The molecule has 1 fully saturated rings. The first-order valence-electron chi connectivity index (χ1n) is 12.2. The predicted molar refractivity (Wildman–Crippen MR) is 135 cm³/mol. The summed E-state index contributed by atoms with van der Waals surface area (Å²) in [7, 11) is 0. The quantitative estimate of drug-likeness (QED) is 0.352. The summed E-state index contributed by atoms with van der Waals surface area (Å²) in [5.41, 5.74) is 0.310. The first-order chi connectivity index (χ1) is 18.0. The van der Waals surface area contributed by atoms with Crippen molar-refractivity contribution in [3.05, 3.63) is 75.9 Å². The summed E-state index contributed by atoms with van der Waals surface area (Å²) in [4.78, 5) is 30.6. The Morgan fingerprint density at radius 3 is 2.70 bits per heavy atom. The zero-order chi connectivity index (χ0) is 25.8. The van der Waals surface area contributed by atoms with Gasteiger partial charge in [-0.05, 0) is 54.6 Å². The lowest BCUT2D eigenvalue weighted by Gasteiger charge is -2.31. The maximum Gasteiger partial charge on any atom is 0.248 e. The number of halogens is 1. The molecule has 5 rings (SSSR count). The summed E-state index contributed by atoms with van der Waals surface area (Å²) in [6, 6.07) is 12.5. The fourth-order valence-electron chi connectivity index (χ4n) is 4.53. The highest BCUT2D eigenvalue weighted by atomic mass is 32.1. The third-order valence-electron chi connectivity index (χ3n) is 6.38. The minimum atomic E-state index is -0.927. The van der Waals surface area contributed by atoms with Crippen LogP contribution < -0.4 is 5.32 Å². The molecule has 11 heteroatoms. The van der Waals surface area contributed by atoms with Crippen LogP contribution in [-0.2, 0) is 22.7 Å². The number of aryl methyl sites for hydroxylation is 1. The number of carbonyl (C=O) groups is 2. The van der Waals surface area contributed by atoms with Crippen LogP contribution in [0.4, 0.5) is 4.39 Å². The second-order valence-corrected chi connectivity index (χ2v) is 10.1. The van der Waals surface area contributed by atoms with Gasteiger partial charge >= 0.3 is 0 Å². The lowest BCUT2D eigenvalue weighted by molar-refractivity contribution is -0.142. The van der Waals surface area contributed by atoms with Gasteiger partial charge in [-0.3, -0.25) is 9.59 Å². The maximum atomic E-state index is 14.7. The molecule has 1 aromatic carbocycles. The molecular weight excluding hydrogens is 495 g/mol. The first-order valence-corrected chi connectivity index (χ1v) is 13.1. The van der Waals surface area contributed by atoms with E-state index < -0.39 is 17.8 Å². The Balaban J connectivity index is 1.45. The van der Waals surface area contributed by atoms with Crippen LogP contribution in [0.5, 0.6) is 0 Å². The Labute approximate surface area is 217 Å². The van der Waals surface area contributed by atoms with E-state index in [0.29, 0.717) is 22.0 Å². The largest absolute Gasteiger partial charge is 0.458 e. The number of tetrazole rings is 1.